The molecule has 0 amide bonds. The van der Waals surface area contributed by atoms with Crippen LogP contribution >= 0.6 is 11.8 Å². The molecule has 0 radical (unpaired) electrons. The third-order valence-electron chi connectivity index (χ3n) is 1.15. The van der Waals surface area contributed by atoms with Crippen molar-refractivity contribution >= 4 is 55.5 Å². The van der Waals surface area contributed by atoms with Crippen molar-refractivity contribution in [3.05, 3.63) is 0 Å². The molecule has 0 bridgehead atoms. The summed E-state index contributed by atoms with van der Waals surface area (Å²) in [5, 5.41) is 17.4. The topological polar surface area (TPSA) is 57.5 Å². The predicted molar refractivity (Wildman–Crippen MR) is 44.4 cm³/mol. The molecule has 1 unspecified atom stereocenters. The van der Waals surface area contributed by atoms with Gasteiger partial charge in [-0.15, -0.1) is 11.8 Å². The van der Waals surface area contributed by atoms with Gasteiger partial charge in [-0.25, -0.2) is 4.79 Å². The van der Waals surface area contributed by atoms with Crippen LogP contribution in [0.2, 0.25) is 0 Å². The van der Waals surface area contributed by atoms with Gasteiger partial charge in [0.05, 0.1) is 0 Å². The van der Waals surface area contributed by atoms with E-state index in [4.69, 9.17) is 10.2 Å². The summed E-state index contributed by atoms with van der Waals surface area (Å²) >= 11 is 0.936. The molecule has 0 fully saturated rings. The smallest absolute Gasteiger partial charge is 1.00 e. The van der Waals surface area contributed by atoms with Crippen molar-refractivity contribution < 1.29 is 17.9 Å². The summed E-state index contributed by atoms with van der Waals surface area (Å²) in [5.74, 6) is -1.17. The molecule has 0 heterocycles. The van der Waals surface area contributed by atoms with Gasteiger partial charge in [0, 0.05) is 0 Å². The molecule has 0 aromatic carbocycles. The molecular weight excluding hydrogens is 180 g/mol. The Balaban J connectivity index is -0.000000107. The number of carbonyl (C=O) groups is 1. The standard InChI is InChI=1S/C5H10O3S.Ca.2H/c1-3-5(8,9-2)4(6)7;;;/h8H,3H2,1-2H3,(H,6,7);;;/q;+2;2*-1. The Bertz CT molecular complexity index is 121. The van der Waals surface area contributed by atoms with E-state index in [0.717, 1.165) is 11.8 Å². The number of thioether (sulfide) groups is 1. The Morgan fingerprint density at radius 2 is 2.20 bits per heavy atom. The minimum atomic E-state index is -1.58. The first-order chi connectivity index (χ1) is 4.06. The average molecular weight is 192 g/mol. The minimum absolute atomic E-state index is 0. The molecule has 0 saturated carbocycles. The zero-order chi connectivity index (χ0) is 7.49. The summed E-state index contributed by atoms with van der Waals surface area (Å²) in [6.45, 7) is 1.63. The quantitative estimate of drug-likeness (QED) is 0.501. The van der Waals surface area contributed by atoms with Crippen LogP contribution in [0.25, 0.3) is 0 Å². The predicted octanol–water partition coefficient (Wildman–Crippen LogP) is 0.377. The number of aliphatic hydroxyl groups is 1. The van der Waals surface area contributed by atoms with Gasteiger partial charge in [0.25, 0.3) is 0 Å². The summed E-state index contributed by atoms with van der Waals surface area (Å²) < 4.78 is 0. The number of aliphatic carboxylic acids is 1. The van der Waals surface area contributed by atoms with Crippen LogP contribution in [0.4, 0.5) is 0 Å². The zero-order valence-electron chi connectivity index (χ0n) is 8.13. The molecule has 10 heavy (non-hydrogen) atoms. The van der Waals surface area contributed by atoms with Crippen LogP contribution in [0.15, 0.2) is 0 Å². The number of rotatable bonds is 3. The average Bonchev–Trinajstić information content (AvgIpc) is 1.86. The van der Waals surface area contributed by atoms with Gasteiger partial charge in [0.2, 0.25) is 4.93 Å². The van der Waals surface area contributed by atoms with E-state index in [2.05, 4.69) is 0 Å². The van der Waals surface area contributed by atoms with Crippen molar-refractivity contribution in [2.75, 3.05) is 6.26 Å². The summed E-state index contributed by atoms with van der Waals surface area (Å²) in [4.78, 5) is 8.63. The molecule has 0 aliphatic rings. The maximum Gasteiger partial charge on any atom is 2.00 e. The largest absolute Gasteiger partial charge is 2.00 e. The molecule has 5 heteroatoms. The second-order valence-corrected chi connectivity index (χ2v) is 2.73. The van der Waals surface area contributed by atoms with Gasteiger partial charge in [-0.3, -0.25) is 0 Å². The van der Waals surface area contributed by atoms with E-state index in [9.17, 15) is 4.79 Å². The van der Waals surface area contributed by atoms with Gasteiger partial charge in [-0.2, -0.15) is 0 Å². The summed E-state index contributed by atoms with van der Waals surface area (Å²) in [6.07, 6.45) is 1.79. The van der Waals surface area contributed by atoms with E-state index in [-0.39, 0.29) is 47.0 Å². The van der Waals surface area contributed by atoms with Crippen LogP contribution in [0.3, 0.4) is 0 Å². The summed E-state index contributed by atoms with van der Waals surface area (Å²) in [6, 6.07) is 0. The molecule has 1 atom stereocenters. The SMILES string of the molecule is CCC(O)(SC)C(=O)O.[Ca+2].[H-].[H-]. The van der Waals surface area contributed by atoms with E-state index < -0.39 is 10.9 Å². The Kier molecular flexibility index (Phi) is 7.71. The molecule has 0 aromatic heterocycles. The fraction of sp³-hybridized carbons (Fsp3) is 0.800. The first-order valence-corrected chi connectivity index (χ1v) is 3.80. The van der Waals surface area contributed by atoms with Gasteiger partial charge in [-0.05, 0) is 12.7 Å². The Morgan fingerprint density at radius 1 is 1.80 bits per heavy atom. The Hall–Kier alpha value is 1.04. The third kappa shape index (κ3) is 3.44. The van der Waals surface area contributed by atoms with Crippen LogP contribution in [0.1, 0.15) is 16.2 Å². The molecule has 3 nitrogen and oxygen atoms in total. The van der Waals surface area contributed by atoms with E-state index in [1.165, 1.54) is 0 Å². The molecular formula is C5H12CaO3S. The molecule has 0 aliphatic carbocycles. The summed E-state index contributed by atoms with van der Waals surface area (Å²) in [7, 11) is 0. The van der Waals surface area contributed by atoms with Crippen LogP contribution in [0.5, 0.6) is 0 Å². The number of carboxylic acids is 1. The zero-order valence-corrected chi connectivity index (χ0v) is 9.15. The van der Waals surface area contributed by atoms with Crippen molar-refractivity contribution in [1.82, 2.24) is 0 Å². The van der Waals surface area contributed by atoms with Crippen molar-refractivity contribution in [3.63, 3.8) is 0 Å². The number of hydrogen-bond donors (Lipinski definition) is 2. The molecule has 0 rings (SSSR count). The fourth-order valence-electron chi connectivity index (χ4n) is 0.383. The normalized spacial score (nSPS) is 15.1. The van der Waals surface area contributed by atoms with Crippen LogP contribution < -0.4 is 0 Å². The first-order valence-electron chi connectivity index (χ1n) is 2.57. The Labute approximate surface area is 97.2 Å². The van der Waals surface area contributed by atoms with Crippen LogP contribution in [0, 0.1) is 0 Å². The molecule has 0 spiro atoms. The van der Waals surface area contributed by atoms with Gasteiger partial charge in [0.1, 0.15) is 0 Å². The van der Waals surface area contributed by atoms with Gasteiger partial charge in [-0.1, -0.05) is 6.92 Å². The van der Waals surface area contributed by atoms with E-state index in [1.807, 2.05) is 0 Å². The minimum Gasteiger partial charge on any atom is -1.00 e. The van der Waals surface area contributed by atoms with E-state index in [1.54, 1.807) is 13.2 Å². The maximum absolute atomic E-state index is 10.2. The van der Waals surface area contributed by atoms with Crippen LogP contribution in [-0.4, -0.2) is 65.1 Å². The maximum atomic E-state index is 10.2. The van der Waals surface area contributed by atoms with Crippen molar-refractivity contribution in [2.24, 2.45) is 0 Å². The second kappa shape index (κ2) is 5.66. The number of hydrogen-bond acceptors (Lipinski definition) is 3. The molecule has 58 valence electrons. The molecule has 0 saturated heterocycles. The Morgan fingerprint density at radius 3 is 2.20 bits per heavy atom. The monoisotopic (exact) mass is 192 g/mol. The van der Waals surface area contributed by atoms with Crippen LogP contribution in [-0.2, 0) is 4.79 Å². The molecule has 0 aromatic rings. The third-order valence-corrected chi connectivity index (χ3v) is 2.29. The molecule has 0 aliphatic heterocycles. The first kappa shape index (κ1) is 13.6. The summed E-state index contributed by atoms with van der Waals surface area (Å²) in [5.41, 5.74) is 0. The second-order valence-electron chi connectivity index (χ2n) is 1.65. The van der Waals surface area contributed by atoms with Gasteiger partial charge >= 0.3 is 43.7 Å². The molecule has 2 N–H and O–H groups in total. The fourth-order valence-corrected chi connectivity index (χ4v) is 0.846. The van der Waals surface area contributed by atoms with Crippen molar-refractivity contribution in [3.8, 4) is 0 Å². The van der Waals surface area contributed by atoms with Gasteiger partial charge < -0.3 is 13.1 Å². The number of carboxylic acid groups (broad SMARTS) is 1. The van der Waals surface area contributed by atoms with Gasteiger partial charge in [0.15, 0.2) is 0 Å². The van der Waals surface area contributed by atoms with E-state index >= 15 is 0 Å². The van der Waals surface area contributed by atoms with E-state index in [0.29, 0.717) is 0 Å². The van der Waals surface area contributed by atoms with Crippen molar-refractivity contribution in [2.45, 2.75) is 18.3 Å². The van der Waals surface area contributed by atoms with Crippen molar-refractivity contribution in [1.29, 1.82) is 0 Å².